The highest BCUT2D eigenvalue weighted by Crippen LogP contribution is 2.21. The maximum atomic E-state index is 5.73. The van der Waals surface area contributed by atoms with Crippen LogP contribution in [0, 0.1) is 0 Å². The molecule has 0 aliphatic carbocycles. The first-order chi connectivity index (χ1) is 10.1. The van der Waals surface area contributed by atoms with Crippen LogP contribution in [0.1, 0.15) is 32.0 Å². The fourth-order valence-electron chi connectivity index (χ4n) is 2.02. The average Bonchev–Trinajstić information content (AvgIpc) is 2.46. The Labute approximate surface area is 125 Å². The van der Waals surface area contributed by atoms with Gasteiger partial charge in [0.05, 0.1) is 11.8 Å². The fourth-order valence-corrected chi connectivity index (χ4v) is 2.02. The Morgan fingerprint density at radius 1 is 1.33 bits per heavy atom. The Bertz CT molecular complexity index is 599. The molecule has 1 aromatic carbocycles. The van der Waals surface area contributed by atoms with E-state index in [1.807, 2.05) is 44.3 Å². The lowest BCUT2D eigenvalue weighted by atomic mass is 10.2. The second kappa shape index (κ2) is 7.04. The first kappa shape index (κ1) is 15.3. The van der Waals surface area contributed by atoms with Gasteiger partial charge in [-0.05, 0) is 38.0 Å². The van der Waals surface area contributed by atoms with Gasteiger partial charge in [0.1, 0.15) is 5.75 Å². The van der Waals surface area contributed by atoms with Crippen molar-refractivity contribution in [3.63, 3.8) is 0 Å². The van der Waals surface area contributed by atoms with Gasteiger partial charge in [-0.15, -0.1) is 0 Å². The van der Waals surface area contributed by atoms with Crippen LogP contribution >= 0.6 is 0 Å². The lowest BCUT2D eigenvalue weighted by Gasteiger charge is -2.12. The standard InChI is InChI=1S/C16H22N4O/c1-4-12-10-18-16(20-15(12)9-17)19-13-6-5-7-14(8-13)21-11(2)3/h5-8,10-11H,4,9,17H2,1-3H3,(H,18,19,20). The molecule has 0 radical (unpaired) electrons. The topological polar surface area (TPSA) is 73.1 Å². The number of hydrogen-bond acceptors (Lipinski definition) is 5. The van der Waals surface area contributed by atoms with Crippen molar-refractivity contribution >= 4 is 11.6 Å². The second-order valence-electron chi connectivity index (χ2n) is 5.04. The molecule has 0 unspecified atom stereocenters. The van der Waals surface area contributed by atoms with Crippen LogP contribution in [0.2, 0.25) is 0 Å². The molecule has 0 bridgehead atoms. The highest BCUT2D eigenvalue weighted by Gasteiger charge is 2.06. The third-order valence-corrected chi connectivity index (χ3v) is 2.99. The lowest BCUT2D eigenvalue weighted by Crippen LogP contribution is -2.08. The molecule has 0 saturated carbocycles. The van der Waals surface area contributed by atoms with Crippen molar-refractivity contribution in [3.8, 4) is 5.75 Å². The van der Waals surface area contributed by atoms with Gasteiger partial charge < -0.3 is 15.8 Å². The molecule has 2 aromatic rings. The minimum absolute atomic E-state index is 0.143. The van der Waals surface area contributed by atoms with E-state index in [1.54, 1.807) is 0 Å². The summed E-state index contributed by atoms with van der Waals surface area (Å²) in [7, 11) is 0. The van der Waals surface area contributed by atoms with Crippen LogP contribution in [0.15, 0.2) is 30.5 Å². The number of nitrogens with one attached hydrogen (secondary N) is 1. The molecule has 0 aliphatic heterocycles. The number of aromatic nitrogens is 2. The van der Waals surface area contributed by atoms with Crippen molar-refractivity contribution < 1.29 is 4.74 Å². The molecule has 0 aliphatic rings. The highest BCUT2D eigenvalue weighted by atomic mass is 16.5. The van der Waals surface area contributed by atoms with Gasteiger partial charge in [-0.2, -0.15) is 0 Å². The number of benzene rings is 1. The summed E-state index contributed by atoms with van der Waals surface area (Å²) in [6.45, 7) is 6.48. The fraction of sp³-hybridized carbons (Fsp3) is 0.375. The van der Waals surface area contributed by atoms with E-state index in [1.165, 1.54) is 0 Å². The summed E-state index contributed by atoms with van der Waals surface area (Å²) in [5.41, 5.74) is 8.58. The van der Waals surface area contributed by atoms with Gasteiger partial charge in [-0.1, -0.05) is 13.0 Å². The van der Waals surface area contributed by atoms with Crippen LogP contribution < -0.4 is 15.8 Å². The molecular weight excluding hydrogens is 264 g/mol. The van der Waals surface area contributed by atoms with E-state index in [-0.39, 0.29) is 6.10 Å². The van der Waals surface area contributed by atoms with Crippen molar-refractivity contribution in [2.75, 3.05) is 5.32 Å². The Hall–Kier alpha value is -2.14. The summed E-state index contributed by atoms with van der Waals surface area (Å²) in [6, 6.07) is 7.74. The van der Waals surface area contributed by atoms with Crippen LogP contribution in [0.25, 0.3) is 0 Å². The Morgan fingerprint density at radius 2 is 2.14 bits per heavy atom. The monoisotopic (exact) mass is 286 g/mol. The van der Waals surface area contributed by atoms with Crippen molar-refractivity contribution in [2.24, 2.45) is 5.73 Å². The van der Waals surface area contributed by atoms with Crippen LogP contribution in [-0.4, -0.2) is 16.1 Å². The molecule has 3 N–H and O–H groups in total. The zero-order valence-electron chi connectivity index (χ0n) is 12.8. The SMILES string of the molecule is CCc1cnc(Nc2cccc(OC(C)C)c2)nc1CN. The number of rotatable bonds is 6. The predicted molar refractivity (Wildman–Crippen MR) is 84.8 cm³/mol. The van der Waals surface area contributed by atoms with Crippen molar-refractivity contribution in [2.45, 2.75) is 39.8 Å². The molecule has 21 heavy (non-hydrogen) atoms. The number of nitrogens with zero attached hydrogens (tertiary/aromatic N) is 2. The second-order valence-corrected chi connectivity index (χ2v) is 5.04. The van der Waals surface area contributed by atoms with E-state index < -0.39 is 0 Å². The zero-order valence-corrected chi connectivity index (χ0v) is 12.8. The van der Waals surface area contributed by atoms with E-state index >= 15 is 0 Å². The molecule has 0 fully saturated rings. The first-order valence-electron chi connectivity index (χ1n) is 7.21. The van der Waals surface area contributed by atoms with E-state index in [0.29, 0.717) is 12.5 Å². The Balaban J connectivity index is 2.18. The van der Waals surface area contributed by atoms with Crippen LogP contribution in [-0.2, 0) is 13.0 Å². The maximum Gasteiger partial charge on any atom is 0.227 e. The van der Waals surface area contributed by atoms with Crippen LogP contribution in [0.5, 0.6) is 5.75 Å². The largest absolute Gasteiger partial charge is 0.491 e. The number of ether oxygens (including phenoxy) is 1. The third-order valence-electron chi connectivity index (χ3n) is 2.99. The Kier molecular flexibility index (Phi) is 5.11. The van der Waals surface area contributed by atoms with Crippen LogP contribution in [0.3, 0.4) is 0 Å². The molecule has 0 amide bonds. The number of hydrogen-bond donors (Lipinski definition) is 2. The highest BCUT2D eigenvalue weighted by molar-refractivity contribution is 5.56. The molecule has 1 heterocycles. The molecule has 0 atom stereocenters. The van der Waals surface area contributed by atoms with Crippen molar-refractivity contribution in [3.05, 3.63) is 41.7 Å². The van der Waals surface area contributed by atoms with Gasteiger partial charge in [-0.3, -0.25) is 0 Å². The predicted octanol–water partition coefficient (Wildman–Crippen LogP) is 3.03. The Morgan fingerprint density at radius 3 is 2.81 bits per heavy atom. The van der Waals surface area contributed by atoms with Crippen molar-refractivity contribution in [1.29, 1.82) is 0 Å². The van der Waals surface area contributed by atoms with E-state index in [2.05, 4.69) is 22.2 Å². The first-order valence-corrected chi connectivity index (χ1v) is 7.21. The summed E-state index contributed by atoms with van der Waals surface area (Å²) in [6.07, 6.45) is 2.85. The number of aryl methyl sites for hydroxylation is 1. The average molecular weight is 286 g/mol. The van der Waals surface area contributed by atoms with Gasteiger partial charge >= 0.3 is 0 Å². The van der Waals surface area contributed by atoms with Gasteiger partial charge in [0.15, 0.2) is 0 Å². The maximum absolute atomic E-state index is 5.73. The summed E-state index contributed by atoms with van der Waals surface area (Å²) in [5, 5.41) is 3.19. The molecule has 112 valence electrons. The minimum Gasteiger partial charge on any atom is -0.491 e. The third kappa shape index (κ3) is 4.16. The molecule has 0 spiro atoms. The van der Waals surface area contributed by atoms with Crippen LogP contribution in [0.4, 0.5) is 11.6 Å². The molecule has 2 rings (SSSR count). The normalized spacial score (nSPS) is 10.7. The summed E-state index contributed by atoms with van der Waals surface area (Å²) >= 11 is 0. The number of anilines is 2. The number of nitrogens with two attached hydrogens (primary N) is 1. The lowest BCUT2D eigenvalue weighted by molar-refractivity contribution is 0.242. The van der Waals surface area contributed by atoms with Gasteiger partial charge in [-0.25, -0.2) is 9.97 Å². The van der Waals surface area contributed by atoms with Crippen molar-refractivity contribution in [1.82, 2.24) is 9.97 Å². The van der Waals surface area contributed by atoms with E-state index in [4.69, 9.17) is 10.5 Å². The molecule has 5 nitrogen and oxygen atoms in total. The van der Waals surface area contributed by atoms with E-state index in [9.17, 15) is 0 Å². The molecular formula is C16H22N4O. The smallest absolute Gasteiger partial charge is 0.227 e. The summed E-state index contributed by atoms with van der Waals surface area (Å²) < 4.78 is 5.67. The summed E-state index contributed by atoms with van der Waals surface area (Å²) in [5.74, 6) is 1.37. The minimum atomic E-state index is 0.143. The molecule has 0 saturated heterocycles. The van der Waals surface area contributed by atoms with Gasteiger partial charge in [0.2, 0.25) is 5.95 Å². The quantitative estimate of drug-likeness (QED) is 0.854. The summed E-state index contributed by atoms with van der Waals surface area (Å²) in [4.78, 5) is 8.79. The van der Waals surface area contributed by atoms with Gasteiger partial charge in [0.25, 0.3) is 0 Å². The van der Waals surface area contributed by atoms with E-state index in [0.717, 1.165) is 29.1 Å². The molecule has 5 heteroatoms. The van der Waals surface area contributed by atoms with Gasteiger partial charge in [0, 0.05) is 24.5 Å². The molecule has 1 aromatic heterocycles. The zero-order chi connectivity index (χ0) is 15.2.